The normalized spacial score (nSPS) is 11.9. The van der Waals surface area contributed by atoms with Crippen LogP contribution in [-0.2, 0) is 9.53 Å². The molecule has 0 saturated heterocycles. The molecule has 1 amide bonds. The number of hydrogen-bond acceptors (Lipinski definition) is 3. The van der Waals surface area contributed by atoms with Crippen molar-refractivity contribution >= 4 is 5.91 Å². The van der Waals surface area contributed by atoms with Crippen molar-refractivity contribution in [3.8, 4) is 6.07 Å². The Hall–Kier alpha value is -1.08. The lowest BCUT2D eigenvalue weighted by Crippen LogP contribution is -2.33. The minimum atomic E-state index is -0.352. The Morgan fingerprint density at radius 1 is 1.64 bits per heavy atom. The lowest BCUT2D eigenvalue weighted by atomic mass is 10.2. The van der Waals surface area contributed by atoms with Crippen molar-refractivity contribution in [1.29, 1.82) is 5.26 Å². The molecule has 0 heterocycles. The zero-order valence-electron chi connectivity index (χ0n) is 9.12. The molecule has 0 aromatic rings. The van der Waals surface area contributed by atoms with Crippen molar-refractivity contribution in [2.75, 3.05) is 20.3 Å². The molecule has 0 rings (SSSR count). The van der Waals surface area contributed by atoms with Gasteiger partial charge in [-0.15, -0.1) is 0 Å². The molecule has 0 aliphatic rings. The maximum Gasteiger partial charge on any atom is 0.223 e. The molecule has 0 radical (unpaired) electrons. The highest BCUT2D eigenvalue weighted by Crippen LogP contribution is 2.00. The van der Waals surface area contributed by atoms with Crippen LogP contribution in [0.25, 0.3) is 0 Å². The van der Waals surface area contributed by atoms with E-state index in [4.69, 9.17) is 10.00 Å². The van der Waals surface area contributed by atoms with Gasteiger partial charge in [0.25, 0.3) is 0 Å². The highest BCUT2D eigenvalue weighted by molar-refractivity contribution is 5.76. The van der Waals surface area contributed by atoms with Crippen LogP contribution in [0.5, 0.6) is 0 Å². The molecule has 4 heteroatoms. The Bertz CT molecular complexity index is 211. The second-order valence-corrected chi connectivity index (χ2v) is 3.11. The molecule has 0 fully saturated rings. The van der Waals surface area contributed by atoms with Gasteiger partial charge in [-0.3, -0.25) is 4.79 Å². The van der Waals surface area contributed by atoms with E-state index in [9.17, 15) is 4.79 Å². The molecule has 0 spiro atoms. The van der Waals surface area contributed by atoms with Crippen LogP contribution in [0.4, 0.5) is 0 Å². The number of carbonyl (C=O) groups excluding carboxylic acids is 1. The van der Waals surface area contributed by atoms with Gasteiger partial charge in [0, 0.05) is 26.7 Å². The fourth-order valence-corrected chi connectivity index (χ4v) is 0.949. The van der Waals surface area contributed by atoms with E-state index in [1.54, 1.807) is 14.0 Å². The van der Waals surface area contributed by atoms with Gasteiger partial charge in [-0.05, 0) is 20.3 Å². The molecule has 0 aliphatic carbocycles. The van der Waals surface area contributed by atoms with Gasteiger partial charge in [-0.2, -0.15) is 5.26 Å². The fourth-order valence-electron chi connectivity index (χ4n) is 0.949. The zero-order chi connectivity index (χ0) is 11.0. The quantitative estimate of drug-likeness (QED) is 0.602. The Kier molecular flexibility index (Phi) is 6.77. The molecular formula is C10H18N2O2. The standard InChI is InChI=1S/C10H18N2O2/c1-4-14-7-5-6-10(13)12(3)9(2)8-11/h9H,4-7H2,1-3H3. The molecule has 14 heavy (non-hydrogen) atoms. The van der Waals surface area contributed by atoms with Crippen molar-refractivity contribution in [2.24, 2.45) is 0 Å². The summed E-state index contributed by atoms with van der Waals surface area (Å²) in [7, 11) is 1.65. The first kappa shape index (κ1) is 12.9. The summed E-state index contributed by atoms with van der Waals surface area (Å²) in [5.41, 5.74) is 0. The number of hydrogen-bond donors (Lipinski definition) is 0. The molecule has 0 N–H and O–H groups in total. The van der Waals surface area contributed by atoms with Crippen molar-refractivity contribution < 1.29 is 9.53 Å². The predicted molar refractivity (Wildman–Crippen MR) is 53.6 cm³/mol. The third kappa shape index (κ3) is 4.83. The van der Waals surface area contributed by atoms with E-state index in [0.29, 0.717) is 19.6 Å². The minimum absolute atomic E-state index is 0.00115. The van der Waals surface area contributed by atoms with E-state index < -0.39 is 0 Å². The first-order valence-corrected chi connectivity index (χ1v) is 4.86. The summed E-state index contributed by atoms with van der Waals surface area (Å²) in [6.07, 6.45) is 1.16. The van der Waals surface area contributed by atoms with Crippen LogP contribution < -0.4 is 0 Å². The Morgan fingerprint density at radius 2 is 2.29 bits per heavy atom. The average molecular weight is 198 g/mol. The van der Waals surface area contributed by atoms with Crippen molar-refractivity contribution in [2.45, 2.75) is 32.7 Å². The van der Waals surface area contributed by atoms with Gasteiger partial charge in [-0.25, -0.2) is 0 Å². The molecule has 0 aromatic carbocycles. The maximum absolute atomic E-state index is 11.4. The van der Waals surface area contributed by atoms with E-state index in [-0.39, 0.29) is 11.9 Å². The summed E-state index contributed by atoms with van der Waals surface area (Å²) in [6.45, 7) is 4.92. The topological polar surface area (TPSA) is 53.3 Å². The molecule has 4 nitrogen and oxygen atoms in total. The third-order valence-corrected chi connectivity index (χ3v) is 2.04. The SMILES string of the molecule is CCOCCCC(=O)N(C)C(C)C#N. The second-order valence-electron chi connectivity index (χ2n) is 3.11. The number of rotatable bonds is 6. The molecule has 1 unspecified atom stereocenters. The number of nitrogens with zero attached hydrogens (tertiary/aromatic N) is 2. The van der Waals surface area contributed by atoms with Gasteiger partial charge >= 0.3 is 0 Å². The maximum atomic E-state index is 11.4. The van der Waals surface area contributed by atoms with E-state index in [0.717, 1.165) is 6.42 Å². The molecule has 0 aromatic heterocycles. The largest absolute Gasteiger partial charge is 0.382 e. The molecule has 0 saturated carbocycles. The summed E-state index contributed by atoms with van der Waals surface area (Å²) in [5.74, 6) is -0.00115. The predicted octanol–water partition coefficient (Wildman–Crippen LogP) is 1.17. The van der Waals surface area contributed by atoms with Crippen LogP contribution in [0.1, 0.15) is 26.7 Å². The Balaban J connectivity index is 3.69. The molecular weight excluding hydrogens is 180 g/mol. The highest BCUT2D eigenvalue weighted by Gasteiger charge is 2.13. The van der Waals surface area contributed by atoms with Crippen molar-refractivity contribution in [3.63, 3.8) is 0 Å². The molecule has 0 aliphatic heterocycles. The van der Waals surface area contributed by atoms with Gasteiger partial charge < -0.3 is 9.64 Å². The molecule has 80 valence electrons. The number of amides is 1. The van der Waals surface area contributed by atoms with E-state index in [1.165, 1.54) is 4.90 Å². The summed E-state index contributed by atoms with van der Waals surface area (Å²) < 4.78 is 5.11. The van der Waals surface area contributed by atoms with Gasteiger partial charge in [0.1, 0.15) is 6.04 Å². The zero-order valence-corrected chi connectivity index (χ0v) is 9.12. The molecule has 0 bridgehead atoms. The second kappa shape index (κ2) is 7.34. The van der Waals surface area contributed by atoms with Crippen LogP contribution in [0, 0.1) is 11.3 Å². The van der Waals surface area contributed by atoms with Gasteiger partial charge in [-0.1, -0.05) is 0 Å². The van der Waals surface area contributed by atoms with E-state index in [2.05, 4.69) is 0 Å². The van der Waals surface area contributed by atoms with Crippen LogP contribution in [-0.4, -0.2) is 37.1 Å². The van der Waals surface area contributed by atoms with Crippen LogP contribution in [0.2, 0.25) is 0 Å². The van der Waals surface area contributed by atoms with Gasteiger partial charge in [0.05, 0.1) is 6.07 Å². The summed E-state index contributed by atoms with van der Waals surface area (Å²) in [6, 6.07) is 1.67. The van der Waals surface area contributed by atoms with E-state index >= 15 is 0 Å². The smallest absolute Gasteiger partial charge is 0.223 e. The number of ether oxygens (including phenoxy) is 1. The summed E-state index contributed by atoms with van der Waals surface area (Å²) in [4.78, 5) is 12.9. The lowest BCUT2D eigenvalue weighted by Gasteiger charge is -2.19. The monoisotopic (exact) mass is 198 g/mol. The lowest BCUT2D eigenvalue weighted by molar-refractivity contribution is -0.131. The summed E-state index contributed by atoms with van der Waals surface area (Å²) in [5, 5.41) is 8.60. The minimum Gasteiger partial charge on any atom is -0.382 e. The highest BCUT2D eigenvalue weighted by atomic mass is 16.5. The van der Waals surface area contributed by atoms with Gasteiger partial charge in [0.15, 0.2) is 0 Å². The number of nitriles is 1. The van der Waals surface area contributed by atoms with Crippen molar-refractivity contribution in [3.05, 3.63) is 0 Å². The van der Waals surface area contributed by atoms with E-state index in [1.807, 2.05) is 13.0 Å². The van der Waals surface area contributed by atoms with Crippen LogP contribution in [0.15, 0.2) is 0 Å². The fraction of sp³-hybridized carbons (Fsp3) is 0.800. The first-order valence-electron chi connectivity index (χ1n) is 4.86. The average Bonchev–Trinajstić information content (AvgIpc) is 2.21. The Labute approximate surface area is 85.5 Å². The Morgan fingerprint density at radius 3 is 2.79 bits per heavy atom. The summed E-state index contributed by atoms with van der Waals surface area (Å²) >= 11 is 0. The third-order valence-electron chi connectivity index (χ3n) is 2.04. The van der Waals surface area contributed by atoms with Crippen molar-refractivity contribution in [1.82, 2.24) is 4.90 Å². The molecule has 1 atom stereocenters. The van der Waals surface area contributed by atoms with Crippen LogP contribution in [0.3, 0.4) is 0 Å². The number of carbonyl (C=O) groups is 1. The first-order chi connectivity index (χ1) is 6.63. The van der Waals surface area contributed by atoms with Crippen LogP contribution >= 0.6 is 0 Å². The van der Waals surface area contributed by atoms with Gasteiger partial charge in [0.2, 0.25) is 5.91 Å².